The van der Waals surface area contributed by atoms with Gasteiger partial charge < -0.3 is 5.32 Å². The standard InChI is InChI=1S/C18H27F2N/c1-3-5-10-18(4-2,13-21-16-8-9-16)12-14-6-7-15(19)11-17(14)20/h6-7,11,16,21H,3-5,8-10,12-13H2,1-2H3. The van der Waals surface area contributed by atoms with Crippen molar-refractivity contribution in [1.82, 2.24) is 5.32 Å². The zero-order chi connectivity index (χ0) is 15.3. The van der Waals surface area contributed by atoms with E-state index in [4.69, 9.17) is 0 Å². The molecule has 1 nitrogen and oxygen atoms in total. The van der Waals surface area contributed by atoms with E-state index in [9.17, 15) is 8.78 Å². The van der Waals surface area contributed by atoms with Gasteiger partial charge in [-0.2, -0.15) is 0 Å². The Morgan fingerprint density at radius 3 is 2.57 bits per heavy atom. The molecule has 0 heterocycles. The van der Waals surface area contributed by atoms with E-state index in [-0.39, 0.29) is 5.41 Å². The lowest BCUT2D eigenvalue weighted by Crippen LogP contribution is -2.37. The van der Waals surface area contributed by atoms with E-state index in [1.165, 1.54) is 18.9 Å². The SMILES string of the molecule is CCCCC(CC)(CNC1CC1)Cc1ccc(F)cc1F. The highest BCUT2D eigenvalue weighted by Gasteiger charge is 2.31. The highest BCUT2D eigenvalue weighted by atomic mass is 19.1. The Bertz CT molecular complexity index is 457. The zero-order valence-electron chi connectivity index (χ0n) is 13.2. The fraction of sp³-hybridized carbons (Fsp3) is 0.667. The predicted molar refractivity (Wildman–Crippen MR) is 83.3 cm³/mol. The molecule has 0 aliphatic heterocycles. The summed E-state index contributed by atoms with van der Waals surface area (Å²) in [6, 6.07) is 4.64. The van der Waals surface area contributed by atoms with Crippen LogP contribution in [0.15, 0.2) is 18.2 Å². The summed E-state index contributed by atoms with van der Waals surface area (Å²) >= 11 is 0. The van der Waals surface area contributed by atoms with Crippen LogP contribution in [-0.4, -0.2) is 12.6 Å². The van der Waals surface area contributed by atoms with Gasteiger partial charge in [0.2, 0.25) is 0 Å². The van der Waals surface area contributed by atoms with E-state index in [1.54, 1.807) is 6.07 Å². The van der Waals surface area contributed by atoms with E-state index < -0.39 is 11.6 Å². The van der Waals surface area contributed by atoms with Crippen molar-refractivity contribution in [3.63, 3.8) is 0 Å². The van der Waals surface area contributed by atoms with E-state index in [2.05, 4.69) is 19.2 Å². The average Bonchev–Trinajstić information content (AvgIpc) is 3.29. The molecule has 0 radical (unpaired) electrons. The van der Waals surface area contributed by atoms with Crippen LogP contribution in [0.1, 0.15) is 57.9 Å². The van der Waals surface area contributed by atoms with Crippen LogP contribution in [0, 0.1) is 17.0 Å². The molecule has 1 unspecified atom stereocenters. The molecule has 21 heavy (non-hydrogen) atoms. The van der Waals surface area contributed by atoms with Crippen LogP contribution in [0.4, 0.5) is 8.78 Å². The van der Waals surface area contributed by atoms with E-state index in [1.807, 2.05) is 0 Å². The number of hydrogen-bond donors (Lipinski definition) is 1. The van der Waals surface area contributed by atoms with Gasteiger partial charge in [-0.15, -0.1) is 0 Å². The van der Waals surface area contributed by atoms with Crippen LogP contribution in [0.25, 0.3) is 0 Å². The molecular weight excluding hydrogens is 268 g/mol. The second kappa shape index (κ2) is 7.35. The van der Waals surface area contributed by atoms with Gasteiger partial charge in [-0.05, 0) is 49.1 Å². The van der Waals surface area contributed by atoms with Crippen molar-refractivity contribution in [2.75, 3.05) is 6.54 Å². The van der Waals surface area contributed by atoms with Crippen LogP contribution < -0.4 is 5.32 Å². The van der Waals surface area contributed by atoms with Gasteiger partial charge in [-0.1, -0.05) is 32.8 Å². The number of rotatable bonds is 9. The number of hydrogen-bond acceptors (Lipinski definition) is 1. The Morgan fingerprint density at radius 2 is 2.00 bits per heavy atom. The summed E-state index contributed by atoms with van der Waals surface area (Å²) in [6.45, 7) is 5.31. The van der Waals surface area contributed by atoms with Crippen molar-refractivity contribution < 1.29 is 8.78 Å². The molecule has 1 N–H and O–H groups in total. The molecule has 1 aromatic carbocycles. The predicted octanol–water partition coefficient (Wildman–Crippen LogP) is 4.85. The molecule has 3 heteroatoms. The first-order chi connectivity index (χ1) is 10.1. The Kier molecular flexibility index (Phi) is 5.74. The third-order valence-electron chi connectivity index (χ3n) is 4.73. The molecule has 0 spiro atoms. The highest BCUT2D eigenvalue weighted by Crippen LogP contribution is 2.34. The van der Waals surface area contributed by atoms with Crippen molar-refractivity contribution in [2.45, 2.75) is 64.8 Å². The second-order valence-electron chi connectivity index (χ2n) is 6.52. The molecule has 118 valence electrons. The van der Waals surface area contributed by atoms with Crippen molar-refractivity contribution in [3.05, 3.63) is 35.4 Å². The number of unbranched alkanes of at least 4 members (excludes halogenated alkanes) is 1. The van der Waals surface area contributed by atoms with Gasteiger partial charge in [0, 0.05) is 18.7 Å². The normalized spacial score (nSPS) is 17.7. The lowest BCUT2D eigenvalue weighted by molar-refractivity contribution is 0.225. The van der Waals surface area contributed by atoms with E-state index in [0.29, 0.717) is 18.0 Å². The topological polar surface area (TPSA) is 12.0 Å². The van der Waals surface area contributed by atoms with Crippen LogP contribution >= 0.6 is 0 Å². The zero-order valence-corrected chi connectivity index (χ0v) is 13.2. The van der Waals surface area contributed by atoms with Crippen LogP contribution in [-0.2, 0) is 6.42 Å². The maximum Gasteiger partial charge on any atom is 0.129 e. The van der Waals surface area contributed by atoms with Crippen molar-refractivity contribution in [2.24, 2.45) is 5.41 Å². The number of nitrogens with one attached hydrogen (secondary N) is 1. The Hall–Kier alpha value is -0.960. The summed E-state index contributed by atoms with van der Waals surface area (Å²) in [5, 5.41) is 3.61. The van der Waals surface area contributed by atoms with Gasteiger partial charge in [-0.25, -0.2) is 8.78 Å². The molecule has 0 amide bonds. The van der Waals surface area contributed by atoms with Crippen molar-refractivity contribution in [1.29, 1.82) is 0 Å². The minimum absolute atomic E-state index is 0.0806. The Labute approximate surface area is 127 Å². The van der Waals surface area contributed by atoms with Gasteiger partial charge in [0.15, 0.2) is 0 Å². The second-order valence-corrected chi connectivity index (χ2v) is 6.52. The maximum atomic E-state index is 14.0. The molecule has 1 aliphatic rings. The summed E-state index contributed by atoms with van der Waals surface area (Å²) in [5.41, 5.74) is 0.726. The van der Waals surface area contributed by atoms with Crippen LogP contribution in [0.3, 0.4) is 0 Å². The summed E-state index contributed by atoms with van der Waals surface area (Å²) < 4.78 is 27.1. The fourth-order valence-electron chi connectivity index (χ4n) is 2.94. The lowest BCUT2D eigenvalue weighted by atomic mass is 9.75. The first-order valence-corrected chi connectivity index (χ1v) is 8.26. The third kappa shape index (κ3) is 4.77. The van der Waals surface area contributed by atoms with Gasteiger partial charge >= 0.3 is 0 Å². The summed E-state index contributed by atoms with van der Waals surface area (Å²) in [5.74, 6) is -0.904. The van der Waals surface area contributed by atoms with E-state index >= 15 is 0 Å². The van der Waals surface area contributed by atoms with Gasteiger partial charge in [0.1, 0.15) is 11.6 Å². The molecule has 0 aromatic heterocycles. The van der Waals surface area contributed by atoms with Gasteiger partial charge in [0.05, 0.1) is 0 Å². The molecule has 0 bridgehead atoms. The molecule has 1 fully saturated rings. The quantitative estimate of drug-likeness (QED) is 0.687. The van der Waals surface area contributed by atoms with Crippen LogP contribution in [0.2, 0.25) is 0 Å². The van der Waals surface area contributed by atoms with Gasteiger partial charge in [-0.3, -0.25) is 0 Å². The monoisotopic (exact) mass is 295 g/mol. The van der Waals surface area contributed by atoms with Crippen LogP contribution in [0.5, 0.6) is 0 Å². The lowest BCUT2D eigenvalue weighted by Gasteiger charge is -2.34. The first-order valence-electron chi connectivity index (χ1n) is 8.26. The third-order valence-corrected chi connectivity index (χ3v) is 4.73. The van der Waals surface area contributed by atoms with Crippen molar-refractivity contribution >= 4 is 0 Å². The highest BCUT2D eigenvalue weighted by molar-refractivity contribution is 5.20. The molecular formula is C18H27F2N. The molecule has 1 aromatic rings. The number of halogens is 2. The summed E-state index contributed by atoms with van der Waals surface area (Å²) in [7, 11) is 0. The Morgan fingerprint density at radius 1 is 1.24 bits per heavy atom. The average molecular weight is 295 g/mol. The molecule has 1 saturated carbocycles. The first kappa shape index (κ1) is 16.4. The molecule has 0 saturated heterocycles. The fourth-order valence-corrected chi connectivity index (χ4v) is 2.94. The summed E-state index contributed by atoms with van der Waals surface area (Å²) in [4.78, 5) is 0. The van der Waals surface area contributed by atoms with Crippen molar-refractivity contribution in [3.8, 4) is 0 Å². The minimum Gasteiger partial charge on any atom is -0.313 e. The smallest absolute Gasteiger partial charge is 0.129 e. The largest absolute Gasteiger partial charge is 0.313 e. The molecule has 1 aliphatic carbocycles. The van der Waals surface area contributed by atoms with E-state index in [0.717, 1.165) is 38.3 Å². The summed E-state index contributed by atoms with van der Waals surface area (Å²) in [6.07, 6.45) is 7.63. The van der Waals surface area contributed by atoms with Gasteiger partial charge in [0.25, 0.3) is 0 Å². The Balaban J connectivity index is 2.11. The number of benzene rings is 1. The molecule has 2 rings (SSSR count). The molecule has 1 atom stereocenters. The minimum atomic E-state index is -0.497. The maximum absolute atomic E-state index is 14.0.